The van der Waals surface area contributed by atoms with Crippen molar-refractivity contribution in [2.24, 2.45) is 0 Å². The Kier molecular flexibility index (Phi) is 8.19. The lowest BCUT2D eigenvalue weighted by molar-refractivity contribution is -0.150. The lowest BCUT2D eigenvalue weighted by Crippen LogP contribution is -2.30. The van der Waals surface area contributed by atoms with Crippen molar-refractivity contribution in [1.29, 1.82) is 0 Å². The van der Waals surface area contributed by atoms with Crippen LogP contribution >= 0.6 is 0 Å². The molecule has 1 N–H and O–H groups in total. The van der Waals surface area contributed by atoms with Crippen LogP contribution in [0.15, 0.2) is 54.6 Å². The molecule has 0 aliphatic rings. The van der Waals surface area contributed by atoms with Gasteiger partial charge in [-0.25, -0.2) is 4.79 Å². The van der Waals surface area contributed by atoms with Gasteiger partial charge in [0.1, 0.15) is 5.75 Å². The van der Waals surface area contributed by atoms with E-state index in [0.717, 1.165) is 24.8 Å². The van der Waals surface area contributed by atoms with Crippen molar-refractivity contribution in [1.82, 2.24) is 5.32 Å². The summed E-state index contributed by atoms with van der Waals surface area (Å²) in [5, 5.41) is 2.74. The molecule has 5 nitrogen and oxygen atoms in total. The highest BCUT2D eigenvalue weighted by molar-refractivity contribution is 5.80. The lowest BCUT2D eigenvalue weighted by Gasteiger charge is -2.10. The normalized spacial score (nSPS) is 10.2. The molecule has 0 saturated heterocycles. The van der Waals surface area contributed by atoms with Gasteiger partial charge in [-0.3, -0.25) is 4.79 Å². The van der Waals surface area contributed by atoms with Crippen LogP contribution in [0.4, 0.5) is 0 Å². The molecule has 0 aromatic heterocycles. The predicted molar refractivity (Wildman–Crippen MR) is 100 cm³/mol. The first kappa shape index (κ1) is 19.5. The molecule has 0 bridgehead atoms. The zero-order valence-corrected chi connectivity index (χ0v) is 15.1. The highest BCUT2D eigenvalue weighted by Crippen LogP contribution is 2.18. The van der Waals surface area contributed by atoms with Crippen molar-refractivity contribution in [2.45, 2.75) is 26.2 Å². The van der Waals surface area contributed by atoms with Crippen molar-refractivity contribution >= 4 is 11.9 Å². The summed E-state index contributed by atoms with van der Waals surface area (Å²) in [6, 6.07) is 17.6. The fourth-order valence-electron chi connectivity index (χ4n) is 2.48. The van der Waals surface area contributed by atoms with Crippen molar-refractivity contribution in [2.75, 3.05) is 19.8 Å². The maximum atomic E-state index is 11.7. The second-order valence-electron chi connectivity index (χ2n) is 5.85. The number of nitrogens with one attached hydrogen (secondary N) is 1. The standard InChI is InChI=1S/C21H25NO4/c1-2-18-12-6-7-13-19(18)25-16-21(24)26-15-20(23)22-14-8-11-17-9-4-3-5-10-17/h3-7,9-10,12-13H,2,8,11,14-16H2,1H3,(H,22,23). The van der Waals surface area contributed by atoms with Gasteiger partial charge in [0.2, 0.25) is 0 Å². The van der Waals surface area contributed by atoms with Crippen LogP contribution in [-0.4, -0.2) is 31.6 Å². The van der Waals surface area contributed by atoms with Crippen molar-refractivity contribution in [3.8, 4) is 5.75 Å². The summed E-state index contributed by atoms with van der Waals surface area (Å²) >= 11 is 0. The molecule has 0 aliphatic carbocycles. The molecule has 26 heavy (non-hydrogen) atoms. The van der Waals surface area contributed by atoms with Gasteiger partial charge in [0, 0.05) is 6.54 Å². The fourth-order valence-corrected chi connectivity index (χ4v) is 2.48. The second-order valence-corrected chi connectivity index (χ2v) is 5.85. The first-order valence-electron chi connectivity index (χ1n) is 8.86. The van der Waals surface area contributed by atoms with Gasteiger partial charge in [-0.05, 0) is 36.5 Å². The zero-order chi connectivity index (χ0) is 18.6. The minimum Gasteiger partial charge on any atom is -0.482 e. The van der Waals surface area contributed by atoms with Gasteiger partial charge < -0.3 is 14.8 Å². The van der Waals surface area contributed by atoms with E-state index in [1.54, 1.807) is 0 Å². The number of ether oxygens (including phenoxy) is 2. The van der Waals surface area contributed by atoms with E-state index in [2.05, 4.69) is 17.4 Å². The molecule has 138 valence electrons. The third-order valence-electron chi connectivity index (χ3n) is 3.87. The van der Waals surface area contributed by atoms with Crippen LogP contribution in [-0.2, 0) is 27.2 Å². The average molecular weight is 355 g/mol. The van der Waals surface area contributed by atoms with Crippen LogP contribution in [0.1, 0.15) is 24.5 Å². The Morgan fingerprint density at radius 2 is 1.69 bits per heavy atom. The highest BCUT2D eigenvalue weighted by atomic mass is 16.6. The van der Waals surface area contributed by atoms with Gasteiger partial charge >= 0.3 is 5.97 Å². The first-order valence-corrected chi connectivity index (χ1v) is 8.86. The molecular weight excluding hydrogens is 330 g/mol. The first-order chi connectivity index (χ1) is 12.7. The van der Waals surface area contributed by atoms with E-state index in [4.69, 9.17) is 9.47 Å². The van der Waals surface area contributed by atoms with Gasteiger partial charge in [0.05, 0.1) is 0 Å². The van der Waals surface area contributed by atoms with Crippen molar-refractivity contribution in [3.63, 3.8) is 0 Å². The Bertz CT molecular complexity index is 700. The van der Waals surface area contributed by atoms with Crippen LogP contribution in [0.3, 0.4) is 0 Å². The van der Waals surface area contributed by atoms with Gasteiger partial charge in [-0.1, -0.05) is 55.5 Å². The molecule has 0 unspecified atom stereocenters. The van der Waals surface area contributed by atoms with Gasteiger partial charge in [-0.15, -0.1) is 0 Å². The van der Waals surface area contributed by atoms with Crippen LogP contribution < -0.4 is 10.1 Å². The Morgan fingerprint density at radius 3 is 2.46 bits per heavy atom. The number of aryl methyl sites for hydroxylation is 2. The molecule has 2 aromatic rings. The number of para-hydroxylation sites is 1. The topological polar surface area (TPSA) is 64.6 Å². The molecule has 1 amide bonds. The molecule has 0 radical (unpaired) electrons. The largest absolute Gasteiger partial charge is 0.482 e. The lowest BCUT2D eigenvalue weighted by atomic mass is 10.1. The summed E-state index contributed by atoms with van der Waals surface area (Å²) in [4.78, 5) is 23.4. The van der Waals surface area contributed by atoms with E-state index < -0.39 is 5.97 Å². The third-order valence-corrected chi connectivity index (χ3v) is 3.87. The summed E-state index contributed by atoms with van der Waals surface area (Å²) in [5.41, 5.74) is 2.26. The van der Waals surface area contributed by atoms with Crippen molar-refractivity contribution in [3.05, 3.63) is 65.7 Å². The highest BCUT2D eigenvalue weighted by Gasteiger charge is 2.09. The van der Waals surface area contributed by atoms with Crippen LogP contribution in [0.5, 0.6) is 5.75 Å². The van der Waals surface area contributed by atoms with Gasteiger partial charge in [0.25, 0.3) is 5.91 Å². The van der Waals surface area contributed by atoms with Gasteiger partial charge in [-0.2, -0.15) is 0 Å². The number of benzene rings is 2. The minimum absolute atomic E-state index is 0.210. The van der Waals surface area contributed by atoms with E-state index in [-0.39, 0.29) is 19.1 Å². The summed E-state index contributed by atoms with van der Waals surface area (Å²) in [6.45, 7) is 2.07. The molecule has 0 atom stereocenters. The van der Waals surface area contributed by atoms with Crippen LogP contribution in [0, 0.1) is 0 Å². The molecule has 0 aliphatic heterocycles. The Morgan fingerprint density at radius 1 is 0.962 bits per heavy atom. The smallest absolute Gasteiger partial charge is 0.344 e. The molecular formula is C21H25NO4. The summed E-state index contributed by atoms with van der Waals surface area (Å²) in [5.74, 6) is -0.201. The Balaban J connectivity index is 1.59. The van der Waals surface area contributed by atoms with Crippen molar-refractivity contribution < 1.29 is 19.1 Å². The number of rotatable bonds is 10. The maximum Gasteiger partial charge on any atom is 0.344 e. The Hall–Kier alpha value is -2.82. The maximum absolute atomic E-state index is 11.7. The number of hydrogen-bond donors (Lipinski definition) is 1. The fraction of sp³-hybridized carbons (Fsp3) is 0.333. The van der Waals surface area contributed by atoms with Crippen LogP contribution in [0.2, 0.25) is 0 Å². The zero-order valence-electron chi connectivity index (χ0n) is 15.1. The number of hydrogen-bond acceptors (Lipinski definition) is 4. The molecule has 0 fully saturated rings. The molecule has 2 aromatic carbocycles. The van der Waals surface area contributed by atoms with E-state index in [9.17, 15) is 9.59 Å². The second kappa shape index (κ2) is 10.9. The van der Waals surface area contributed by atoms with E-state index in [1.807, 2.05) is 49.4 Å². The van der Waals surface area contributed by atoms with E-state index in [0.29, 0.717) is 12.3 Å². The van der Waals surface area contributed by atoms with Gasteiger partial charge in [0.15, 0.2) is 13.2 Å². The molecule has 5 heteroatoms. The quantitative estimate of drug-likeness (QED) is 0.526. The molecule has 2 rings (SSSR count). The molecule has 0 saturated carbocycles. The number of carbonyl (C=O) groups is 2. The monoisotopic (exact) mass is 355 g/mol. The van der Waals surface area contributed by atoms with Crippen LogP contribution in [0.25, 0.3) is 0 Å². The summed E-state index contributed by atoms with van der Waals surface area (Å²) in [7, 11) is 0. The molecule has 0 spiro atoms. The molecule has 0 heterocycles. The predicted octanol–water partition coefficient (Wildman–Crippen LogP) is 2.92. The number of amides is 1. The number of carbonyl (C=O) groups excluding carboxylic acids is 2. The third kappa shape index (κ3) is 6.97. The number of esters is 1. The minimum atomic E-state index is -0.560. The summed E-state index contributed by atoms with van der Waals surface area (Å²) < 4.78 is 10.4. The summed E-state index contributed by atoms with van der Waals surface area (Å²) in [6.07, 6.45) is 2.54. The van der Waals surface area contributed by atoms with E-state index >= 15 is 0 Å². The Labute approximate surface area is 154 Å². The SMILES string of the molecule is CCc1ccccc1OCC(=O)OCC(=O)NCCCc1ccccc1. The van der Waals surface area contributed by atoms with E-state index in [1.165, 1.54) is 5.56 Å². The average Bonchev–Trinajstić information content (AvgIpc) is 2.69.